The standard InChI is InChI=1S/C11H12FNO4/c1-3-17-10(14)6-8-4-5-9(13(15)16)7(2)11(8)12/h4-5H,3,6H2,1-2H3. The molecule has 0 aliphatic carbocycles. The van der Waals surface area contributed by atoms with Gasteiger partial charge >= 0.3 is 5.97 Å². The minimum atomic E-state index is -0.729. The van der Waals surface area contributed by atoms with Crippen LogP contribution in [0.1, 0.15) is 18.1 Å². The summed E-state index contributed by atoms with van der Waals surface area (Å²) in [6.07, 6.45) is -0.224. The fourth-order valence-electron chi connectivity index (χ4n) is 1.43. The highest BCUT2D eigenvalue weighted by atomic mass is 19.1. The smallest absolute Gasteiger partial charge is 0.310 e. The molecule has 17 heavy (non-hydrogen) atoms. The number of rotatable bonds is 4. The summed E-state index contributed by atoms with van der Waals surface area (Å²) in [7, 11) is 0. The maximum Gasteiger partial charge on any atom is 0.310 e. The van der Waals surface area contributed by atoms with Crippen molar-refractivity contribution in [2.24, 2.45) is 0 Å². The van der Waals surface area contributed by atoms with Gasteiger partial charge in [-0.25, -0.2) is 4.39 Å². The number of nitro groups is 1. The molecule has 5 nitrogen and oxygen atoms in total. The largest absolute Gasteiger partial charge is 0.466 e. The summed E-state index contributed by atoms with van der Waals surface area (Å²) < 4.78 is 18.4. The van der Waals surface area contributed by atoms with E-state index in [1.54, 1.807) is 6.92 Å². The van der Waals surface area contributed by atoms with E-state index in [1.807, 2.05) is 0 Å². The lowest BCUT2D eigenvalue weighted by atomic mass is 10.1. The SMILES string of the molecule is CCOC(=O)Cc1ccc([N+](=O)[O-])c(C)c1F. The normalized spacial score (nSPS) is 10.1. The molecule has 0 aromatic heterocycles. The Balaban J connectivity index is 3.00. The summed E-state index contributed by atoms with van der Waals surface area (Å²) >= 11 is 0. The van der Waals surface area contributed by atoms with Crippen molar-refractivity contribution in [1.29, 1.82) is 0 Å². The summed E-state index contributed by atoms with van der Waals surface area (Å²) in [5.74, 6) is -1.29. The Morgan fingerprint density at radius 1 is 1.53 bits per heavy atom. The van der Waals surface area contributed by atoms with Crippen molar-refractivity contribution in [2.45, 2.75) is 20.3 Å². The molecule has 0 aliphatic heterocycles. The number of hydrogen-bond donors (Lipinski definition) is 0. The molecule has 0 bridgehead atoms. The highest BCUT2D eigenvalue weighted by molar-refractivity contribution is 5.73. The fraction of sp³-hybridized carbons (Fsp3) is 0.364. The second-order valence-electron chi connectivity index (χ2n) is 3.42. The van der Waals surface area contributed by atoms with Gasteiger partial charge in [0.05, 0.1) is 23.5 Å². The van der Waals surface area contributed by atoms with Gasteiger partial charge in [-0.1, -0.05) is 0 Å². The molecule has 0 unspecified atom stereocenters. The number of benzene rings is 1. The van der Waals surface area contributed by atoms with Crippen LogP contribution in [-0.4, -0.2) is 17.5 Å². The lowest BCUT2D eigenvalue weighted by molar-refractivity contribution is -0.385. The molecule has 0 saturated carbocycles. The topological polar surface area (TPSA) is 69.4 Å². The van der Waals surface area contributed by atoms with Crippen molar-refractivity contribution in [2.75, 3.05) is 6.61 Å². The number of carbonyl (C=O) groups excluding carboxylic acids is 1. The van der Waals surface area contributed by atoms with E-state index in [0.717, 1.165) is 0 Å². The Kier molecular flexibility index (Phi) is 4.14. The Morgan fingerprint density at radius 2 is 2.18 bits per heavy atom. The first kappa shape index (κ1) is 13.1. The van der Waals surface area contributed by atoms with Gasteiger partial charge in [-0.05, 0) is 25.5 Å². The Morgan fingerprint density at radius 3 is 2.71 bits per heavy atom. The average Bonchev–Trinajstić information content (AvgIpc) is 2.25. The number of esters is 1. The van der Waals surface area contributed by atoms with E-state index in [1.165, 1.54) is 19.1 Å². The van der Waals surface area contributed by atoms with E-state index < -0.39 is 16.7 Å². The molecule has 0 aliphatic rings. The van der Waals surface area contributed by atoms with Crippen LogP contribution in [0.25, 0.3) is 0 Å². The van der Waals surface area contributed by atoms with Gasteiger partial charge in [0.25, 0.3) is 5.69 Å². The van der Waals surface area contributed by atoms with E-state index >= 15 is 0 Å². The number of nitrogens with zero attached hydrogens (tertiary/aromatic N) is 1. The van der Waals surface area contributed by atoms with Crippen LogP contribution in [0.5, 0.6) is 0 Å². The lowest BCUT2D eigenvalue weighted by Crippen LogP contribution is -2.10. The van der Waals surface area contributed by atoms with Crippen molar-refractivity contribution >= 4 is 11.7 Å². The summed E-state index contributed by atoms with van der Waals surface area (Å²) in [6.45, 7) is 3.17. The predicted octanol–water partition coefficient (Wildman–Crippen LogP) is 2.15. The van der Waals surface area contributed by atoms with Crippen molar-refractivity contribution in [3.05, 3.63) is 39.2 Å². The molecule has 1 aromatic carbocycles. The number of ether oxygens (including phenoxy) is 1. The van der Waals surface area contributed by atoms with Gasteiger partial charge < -0.3 is 4.74 Å². The minimum Gasteiger partial charge on any atom is -0.466 e. The van der Waals surface area contributed by atoms with Crippen LogP contribution >= 0.6 is 0 Å². The quantitative estimate of drug-likeness (QED) is 0.460. The zero-order chi connectivity index (χ0) is 13.0. The number of hydrogen-bond acceptors (Lipinski definition) is 4. The molecule has 0 fully saturated rings. The molecule has 0 radical (unpaired) electrons. The fourth-order valence-corrected chi connectivity index (χ4v) is 1.43. The minimum absolute atomic E-state index is 0.0724. The number of nitro benzene ring substituents is 1. The molecule has 0 atom stereocenters. The third kappa shape index (κ3) is 2.99. The van der Waals surface area contributed by atoms with Crippen LogP contribution in [0.3, 0.4) is 0 Å². The highest BCUT2D eigenvalue weighted by Gasteiger charge is 2.18. The summed E-state index contributed by atoms with van der Waals surface area (Å²) in [6, 6.07) is 2.42. The molecular formula is C11H12FNO4. The zero-order valence-corrected chi connectivity index (χ0v) is 9.53. The van der Waals surface area contributed by atoms with Crippen molar-refractivity contribution in [3.63, 3.8) is 0 Å². The first-order valence-electron chi connectivity index (χ1n) is 5.05. The molecule has 0 N–H and O–H groups in total. The molecule has 0 saturated heterocycles. The van der Waals surface area contributed by atoms with Gasteiger partial charge in [0.2, 0.25) is 0 Å². The molecule has 0 spiro atoms. The van der Waals surface area contributed by atoms with Crippen LogP contribution in [-0.2, 0) is 16.0 Å². The van der Waals surface area contributed by atoms with Gasteiger partial charge in [-0.2, -0.15) is 0 Å². The number of halogens is 1. The van der Waals surface area contributed by atoms with Gasteiger partial charge in [0.15, 0.2) is 0 Å². The van der Waals surface area contributed by atoms with Crippen molar-refractivity contribution in [1.82, 2.24) is 0 Å². The maximum absolute atomic E-state index is 13.7. The van der Waals surface area contributed by atoms with Gasteiger partial charge in [0, 0.05) is 6.07 Å². The monoisotopic (exact) mass is 241 g/mol. The maximum atomic E-state index is 13.7. The first-order chi connectivity index (χ1) is 7.97. The molecule has 0 heterocycles. The van der Waals surface area contributed by atoms with E-state index in [9.17, 15) is 19.3 Å². The second-order valence-corrected chi connectivity index (χ2v) is 3.42. The van der Waals surface area contributed by atoms with Crippen LogP contribution < -0.4 is 0 Å². The van der Waals surface area contributed by atoms with E-state index in [0.29, 0.717) is 0 Å². The first-order valence-corrected chi connectivity index (χ1v) is 5.05. The van der Waals surface area contributed by atoms with Gasteiger partial charge in [-0.3, -0.25) is 14.9 Å². The van der Waals surface area contributed by atoms with Crippen LogP contribution in [0, 0.1) is 22.9 Å². The second kappa shape index (κ2) is 5.38. The molecule has 92 valence electrons. The molecule has 1 rings (SSSR count). The van der Waals surface area contributed by atoms with Crippen LogP contribution in [0.4, 0.5) is 10.1 Å². The average molecular weight is 241 g/mol. The Bertz CT molecular complexity index is 459. The van der Waals surface area contributed by atoms with E-state index in [4.69, 9.17) is 0 Å². The van der Waals surface area contributed by atoms with Crippen LogP contribution in [0.15, 0.2) is 12.1 Å². The van der Waals surface area contributed by atoms with Gasteiger partial charge in [-0.15, -0.1) is 0 Å². The van der Waals surface area contributed by atoms with Crippen LogP contribution in [0.2, 0.25) is 0 Å². The number of carbonyl (C=O) groups is 1. The molecule has 0 amide bonds. The molecule has 6 heteroatoms. The Hall–Kier alpha value is -1.98. The summed E-state index contributed by atoms with van der Waals surface area (Å²) in [5.41, 5.74) is -0.265. The van der Waals surface area contributed by atoms with Gasteiger partial charge in [0.1, 0.15) is 5.82 Å². The van der Waals surface area contributed by atoms with E-state index in [2.05, 4.69) is 4.74 Å². The van der Waals surface area contributed by atoms with Crippen molar-refractivity contribution in [3.8, 4) is 0 Å². The lowest BCUT2D eigenvalue weighted by Gasteiger charge is -2.06. The zero-order valence-electron chi connectivity index (χ0n) is 9.53. The summed E-state index contributed by atoms with van der Waals surface area (Å²) in [5, 5.41) is 10.6. The summed E-state index contributed by atoms with van der Waals surface area (Å²) in [4.78, 5) is 21.1. The van der Waals surface area contributed by atoms with E-state index in [-0.39, 0.29) is 29.8 Å². The predicted molar refractivity (Wildman–Crippen MR) is 58.1 cm³/mol. The van der Waals surface area contributed by atoms with Crippen molar-refractivity contribution < 1.29 is 18.8 Å². The Labute approximate surface area is 97.3 Å². The molecular weight excluding hydrogens is 229 g/mol. The third-order valence-corrected chi connectivity index (χ3v) is 2.27. The molecule has 1 aromatic rings. The third-order valence-electron chi connectivity index (χ3n) is 2.27. The highest BCUT2D eigenvalue weighted by Crippen LogP contribution is 2.23.